The van der Waals surface area contributed by atoms with Gasteiger partial charge in [0.1, 0.15) is 0 Å². The Labute approximate surface area is 120 Å². The molecule has 0 spiro atoms. The molecule has 0 amide bonds. The predicted molar refractivity (Wildman–Crippen MR) is 85.0 cm³/mol. The summed E-state index contributed by atoms with van der Waals surface area (Å²) in [5.74, 6) is 0.777. The van der Waals surface area contributed by atoms with Crippen molar-refractivity contribution in [1.29, 1.82) is 0 Å². The fourth-order valence-corrected chi connectivity index (χ4v) is 2.89. The molecule has 19 heavy (non-hydrogen) atoms. The molecule has 0 bridgehead atoms. The van der Waals surface area contributed by atoms with E-state index < -0.39 is 10.8 Å². The second-order valence-electron chi connectivity index (χ2n) is 5.19. The van der Waals surface area contributed by atoms with Crippen LogP contribution in [0.4, 0.5) is 0 Å². The Kier molecular flexibility index (Phi) is 7.32. The van der Waals surface area contributed by atoms with E-state index in [1.807, 2.05) is 0 Å². The van der Waals surface area contributed by atoms with Crippen molar-refractivity contribution in [2.45, 2.75) is 52.1 Å². The number of rotatable bonds is 8. The molecular weight excluding hydrogens is 254 g/mol. The van der Waals surface area contributed by atoms with Gasteiger partial charge in [0.05, 0.1) is 0 Å². The third kappa shape index (κ3) is 5.87. The lowest BCUT2D eigenvalue weighted by Gasteiger charge is -2.22. The van der Waals surface area contributed by atoms with Gasteiger partial charge in [-0.2, -0.15) is 0 Å². The first kappa shape index (κ1) is 16.4. The average Bonchev–Trinajstić information content (AvgIpc) is 2.42. The minimum absolute atomic E-state index is 0.395. The SMILES string of the molecule is CCc1ccc(C(CC)NC(C)CCS(C)=O)cc1. The second kappa shape index (κ2) is 8.49. The van der Waals surface area contributed by atoms with Gasteiger partial charge in [-0.05, 0) is 37.3 Å². The first-order chi connectivity index (χ1) is 9.06. The zero-order valence-electron chi connectivity index (χ0n) is 12.6. The average molecular weight is 281 g/mol. The molecule has 1 aromatic rings. The van der Waals surface area contributed by atoms with E-state index in [9.17, 15) is 4.21 Å². The van der Waals surface area contributed by atoms with Crippen LogP contribution in [0.1, 0.15) is 50.8 Å². The first-order valence-electron chi connectivity index (χ1n) is 7.21. The normalized spacial score (nSPS) is 16.0. The molecule has 1 aromatic carbocycles. The van der Waals surface area contributed by atoms with E-state index in [0.717, 1.165) is 25.0 Å². The molecule has 0 aromatic heterocycles. The van der Waals surface area contributed by atoms with Crippen LogP contribution in [0.3, 0.4) is 0 Å². The number of benzene rings is 1. The Hall–Kier alpha value is -0.670. The number of nitrogens with one attached hydrogen (secondary N) is 1. The molecule has 1 N–H and O–H groups in total. The van der Waals surface area contributed by atoms with E-state index in [4.69, 9.17) is 0 Å². The van der Waals surface area contributed by atoms with Crippen LogP contribution in [0.25, 0.3) is 0 Å². The largest absolute Gasteiger partial charge is 0.307 e. The van der Waals surface area contributed by atoms with E-state index in [0.29, 0.717) is 12.1 Å². The summed E-state index contributed by atoms with van der Waals surface area (Å²) < 4.78 is 11.1. The second-order valence-corrected chi connectivity index (χ2v) is 6.74. The summed E-state index contributed by atoms with van der Waals surface area (Å²) in [6.07, 6.45) is 4.90. The summed E-state index contributed by atoms with van der Waals surface area (Å²) >= 11 is 0. The van der Waals surface area contributed by atoms with Crippen LogP contribution in [0.5, 0.6) is 0 Å². The molecule has 0 aliphatic rings. The number of hydrogen-bond acceptors (Lipinski definition) is 2. The van der Waals surface area contributed by atoms with E-state index in [2.05, 4.69) is 50.4 Å². The van der Waals surface area contributed by atoms with Crippen LogP contribution in [0.15, 0.2) is 24.3 Å². The van der Waals surface area contributed by atoms with Gasteiger partial charge in [-0.25, -0.2) is 0 Å². The van der Waals surface area contributed by atoms with Gasteiger partial charge >= 0.3 is 0 Å². The lowest BCUT2D eigenvalue weighted by Crippen LogP contribution is -2.31. The van der Waals surface area contributed by atoms with E-state index in [-0.39, 0.29) is 0 Å². The molecule has 3 unspecified atom stereocenters. The van der Waals surface area contributed by atoms with Crippen molar-refractivity contribution in [3.63, 3.8) is 0 Å². The third-order valence-electron chi connectivity index (χ3n) is 3.52. The molecule has 1 rings (SSSR count). The summed E-state index contributed by atoms with van der Waals surface area (Å²) in [5.41, 5.74) is 2.73. The van der Waals surface area contributed by atoms with Crippen LogP contribution in [0.2, 0.25) is 0 Å². The lowest BCUT2D eigenvalue weighted by atomic mass is 10.0. The fourth-order valence-electron chi connectivity index (χ4n) is 2.20. The van der Waals surface area contributed by atoms with Crippen molar-refractivity contribution < 1.29 is 4.21 Å². The molecule has 0 saturated carbocycles. The lowest BCUT2D eigenvalue weighted by molar-refractivity contribution is 0.438. The van der Waals surface area contributed by atoms with E-state index in [1.54, 1.807) is 6.26 Å². The fraction of sp³-hybridized carbons (Fsp3) is 0.625. The minimum Gasteiger partial charge on any atom is -0.307 e. The third-order valence-corrected chi connectivity index (χ3v) is 4.33. The highest BCUT2D eigenvalue weighted by Crippen LogP contribution is 2.18. The topological polar surface area (TPSA) is 29.1 Å². The summed E-state index contributed by atoms with van der Waals surface area (Å²) in [5, 5.41) is 3.64. The Morgan fingerprint density at radius 3 is 2.32 bits per heavy atom. The summed E-state index contributed by atoms with van der Waals surface area (Å²) in [7, 11) is -0.692. The molecule has 0 fully saturated rings. The maximum atomic E-state index is 11.1. The maximum Gasteiger partial charge on any atom is 0.0319 e. The standard InChI is InChI=1S/C16H27NOS/c1-5-14-7-9-15(10-8-14)16(6-2)17-13(3)11-12-19(4)18/h7-10,13,16-17H,5-6,11-12H2,1-4H3. The van der Waals surface area contributed by atoms with Gasteiger partial charge in [-0.3, -0.25) is 4.21 Å². The summed E-state index contributed by atoms with van der Waals surface area (Å²) in [6.45, 7) is 6.56. The van der Waals surface area contributed by atoms with Crippen LogP contribution in [0, 0.1) is 0 Å². The number of hydrogen-bond donors (Lipinski definition) is 1. The molecule has 0 aliphatic heterocycles. The highest BCUT2D eigenvalue weighted by molar-refractivity contribution is 7.84. The monoisotopic (exact) mass is 281 g/mol. The molecule has 0 aliphatic carbocycles. The molecule has 3 atom stereocenters. The molecule has 0 saturated heterocycles. The highest BCUT2D eigenvalue weighted by atomic mass is 32.2. The zero-order chi connectivity index (χ0) is 14.3. The highest BCUT2D eigenvalue weighted by Gasteiger charge is 2.12. The van der Waals surface area contributed by atoms with Gasteiger partial charge in [-0.15, -0.1) is 0 Å². The Morgan fingerprint density at radius 2 is 1.84 bits per heavy atom. The molecule has 108 valence electrons. The quantitative estimate of drug-likeness (QED) is 0.791. The van der Waals surface area contributed by atoms with Crippen LogP contribution >= 0.6 is 0 Å². The van der Waals surface area contributed by atoms with Crippen molar-refractivity contribution in [2.75, 3.05) is 12.0 Å². The zero-order valence-corrected chi connectivity index (χ0v) is 13.4. The summed E-state index contributed by atoms with van der Waals surface area (Å²) in [6, 6.07) is 9.68. The Morgan fingerprint density at radius 1 is 1.21 bits per heavy atom. The van der Waals surface area contributed by atoms with Gasteiger partial charge in [-0.1, -0.05) is 38.1 Å². The Bertz CT molecular complexity index is 388. The summed E-state index contributed by atoms with van der Waals surface area (Å²) in [4.78, 5) is 0. The molecule has 3 heteroatoms. The van der Waals surface area contributed by atoms with Crippen LogP contribution in [-0.2, 0) is 17.2 Å². The van der Waals surface area contributed by atoms with Crippen molar-refractivity contribution in [3.05, 3.63) is 35.4 Å². The predicted octanol–water partition coefficient (Wildman–Crippen LogP) is 3.45. The molecular formula is C16H27NOS. The van der Waals surface area contributed by atoms with Gasteiger partial charge in [0.15, 0.2) is 0 Å². The van der Waals surface area contributed by atoms with Gasteiger partial charge in [0.2, 0.25) is 0 Å². The smallest absolute Gasteiger partial charge is 0.0319 e. The van der Waals surface area contributed by atoms with Crippen LogP contribution in [-0.4, -0.2) is 22.3 Å². The molecule has 0 radical (unpaired) electrons. The maximum absolute atomic E-state index is 11.1. The van der Waals surface area contributed by atoms with Crippen molar-refractivity contribution in [3.8, 4) is 0 Å². The van der Waals surface area contributed by atoms with Crippen molar-refractivity contribution >= 4 is 10.8 Å². The van der Waals surface area contributed by atoms with Crippen molar-refractivity contribution in [2.24, 2.45) is 0 Å². The molecule has 0 heterocycles. The first-order valence-corrected chi connectivity index (χ1v) is 8.94. The molecule has 2 nitrogen and oxygen atoms in total. The Balaban J connectivity index is 2.58. The van der Waals surface area contributed by atoms with Crippen molar-refractivity contribution in [1.82, 2.24) is 5.32 Å². The van der Waals surface area contributed by atoms with Gasteiger partial charge in [0.25, 0.3) is 0 Å². The van der Waals surface area contributed by atoms with Gasteiger partial charge < -0.3 is 5.32 Å². The van der Waals surface area contributed by atoms with E-state index in [1.165, 1.54) is 11.1 Å². The number of aryl methyl sites for hydroxylation is 1. The minimum atomic E-state index is -0.692. The van der Waals surface area contributed by atoms with E-state index >= 15 is 0 Å². The van der Waals surface area contributed by atoms with Gasteiger partial charge in [0, 0.05) is 34.9 Å². The van der Waals surface area contributed by atoms with Crippen LogP contribution < -0.4 is 5.32 Å².